The summed E-state index contributed by atoms with van der Waals surface area (Å²) < 4.78 is 10.3. The molecule has 0 aliphatic carbocycles. The number of hydrogen-bond donors (Lipinski definition) is 1. The van der Waals surface area contributed by atoms with Crippen LogP contribution in [0.2, 0.25) is 5.02 Å². The maximum Gasteiger partial charge on any atom is 0.348 e. The SMILES string of the molecule is CCOC(=O)c1c(NC(=O)CCc2cccc(Cl)c2)sc(C(=O)OC(C)C)c1C. The number of amides is 1. The molecule has 0 bridgehead atoms. The number of aryl methyl sites for hydroxylation is 1. The molecule has 0 radical (unpaired) electrons. The molecule has 8 heteroatoms. The summed E-state index contributed by atoms with van der Waals surface area (Å²) in [5, 5.41) is 3.63. The average Bonchev–Trinajstić information content (AvgIpc) is 2.96. The van der Waals surface area contributed by atoms with E-state index in [1.54, 1.807) is 39.8 Å². The van der Waals surface area contributed by atoms with Crippen molar-refractivity contribution in [3.05, 3.63) is 50.9 Å². The van der Waals surface area contributed by atoms with Crippen LogP contribution in [0.3, 0.4) is 0 Å². The van der Waals surface area contributed by atoms with E-state index in [2.05, 4.69) is 5.32 Å². The minimum Gasteiger partial charge on any atom is -0.462 e. The Bertz CT molecular complexity index is 906. The van der Waals surface area contributed by atoms with Gasteiger partial charge < -0.3 is 14.8 Å². The quantitative estimate of drug-likeness (QED) is 0.586. The van der Waals surface area contributed by atoms with Gasteiger partial charge in [-0.3, -0.25) is 4.79 Å². The predicted molar refractivity (Wildman–Crippen MR) is 114 cm³/mol. The molecule has 0 unspecified atom stereocenters. The Kier molecular flexibility index (Phi) is 8.22. The van der Waals surface area contributed by atoms with Crippen LogP contribution in [0.25, 0.3) is 0 Å². The molecule has 1 N–H and O–H groups in total. The number of thiophene rings is 1. The largest absolute Gasteiger partial charge is 0.462 e. The molecule has 1 aromatic heterocycles. The number of anilines is 1. The second-order valence-electron chi connectivity index (χ2n) is 6.61. The Morgan fingerprint density at radius 3 is 2.55 bits per heavy atom. The van der Waals surface area contributed by atoms with E-state index in [9.17, 15) is 14.4 Å². The van der Waals surface area contributed by atoms with Crippen molar-refractivity contribution in [3.63, 3.8) is 0 Å². The lowest BCUT2D eigenvalue weighted by Gasteiger charge is -2.07. The summed E-state index contributed by atoms with van der Waals surface area (Å²) in [5.74, 6) is -1.40. The number of halogens is 1. The van der Waals surface area contributed by atoms with Gasteiger partial charge in [-0.2, -0.15) is 0 Å². The smallest absolute Gasteiger partial charge is 0.348 e. The lowest BCUT2D eigenvalue weighted by molar-refractivity contribution is -0.116. The van der Waals surface area contributed by atoms with Crippen LogP contribution >= 0.6 is 22.9 Å². The normalized spacial score (nSPS) is 10.7. The first-order valence-electron chi connectivity index (χ1n) is 9.28. The number of carbonyl (C=O) groups is 3. The standard InChI is InChI=1S/C21H24ClNO5S/c1-5-27-20(25)17-13(4)18(21(26)28-12(2)3)29-19(17)23-16(24)10-9-14-7-6-8-15(22)11-14/h6-8,11-12H,5,9-10H2,1-4H3,(H,23,24). The third-order valence-corrected chi connectivity index (χ3v) is 5.36. The second kappa shape index (κ2) is 10.4. The molecule has 6 nitrogen and oxygen atoms in total. The van der Waals surface area contributed by atoms with Gasteiger partial charge in [0, 0.05) is 11.4 Å². The van der Waals surface area contributed by atoms with Crippen molar-refractivity contribution in [2.24, 2.45) is 0 Å². The molecule has 0 atom stereocenters. The molecule has 0 saturated carbocycles. The summed E-state index contributed by atoms with van der Waals surface area (Å²) in [7, 11) is 0. The molecule has 0 aliphatic heterocycles. The van der Waals surface area contributed by atoms with E-state index in [0.29, 0.717) is 17.0 Å². The highest BCUT2D eigenvalue weighted by Gasteiger charge is 2.27. The lowest BCUT2D eigenvalue weighted by atomic mass is 10.1. The van der Waals surface area contributed by atoms with Gasteiger partial charge in [-0.05, 0) is 57.4 Å². The minimum absolute atomic E-state index is 0.183. The fourth-order valence-corrected chi connectivity index (χ4v) is 3.96. The monoisotopic (exact) mass is 437 g/mol. The molecule has 0 aliphatic rings. The second-order valence-corrected chi connectivity index (χ2v) is 8.07. The van der Waals surface area contributed by atoms with Gasteiger partial charge in [0.1, 0.15) is 9.88 Å². The molecule has 0 fully saturated rings. The number of carbonyl (C=O) groups excluding carboxylic acids is 3. The van der Waals surface area contributed by atoms with E-state index in [1.165, 1.54) is 0 Å². The van der Waals surface area contributed by atoms with E-state index in [4.69, 9.17) is 21.1 Å². The molecule has 0 spiro atoms. The van der Waals surface area contributed by atoms with Gasteiger partial charge in [0.25, 0.3) is 0 Å². The summed E-state index contributed by atoms with van der Waals surface area (Å²) in [6, 6.07) is 7.28. The summed E-state index contributed by atoms with van der Waals surface area (Å²) in [5.41, 5.74) is 1.55. The lowest BCUT2D eigenvalue weighted by Crippen LogP contribution is -2.15. The summed E-state index contributed by atoms with van der Waals surface area (Å²) >= 11 is 6.98. The number of hydrogen-bond acceptors (Lipinski definition) is 6. The fourth-order valence-electron chi connectivity index (χ4n) is 2.65. The number of esters is 2. The van der Waals surface area contributed by atoms with Gasteiger partial charge in [-0.25, -0.2) is 9.59 Å². The summed E-state index contributed by atoms with van der Waals surface area (Å²) in [6.45, 7) is 7.00. The van der Waals surface area contributed by atoms with Crippen LogP contribution in [-0.2, 0) is 20.7 Å². The zero-order valence-electron chi connectivity index (χ0n) is 16.8. The zero-order chi connectivity index (χ0) is 21.6. The van der Waals surface area contributed by atoms with Gasteiger partial charge in [-0.1, -0.05) is 23.7 Å². The molecule has 0 saturated heterocycles. The van der Waals surface area contributed by atoms with Gasteiger partial charge in [0.05, 0.1) is 18.3 Å². The topological polar surface area (TPSA) is 81.7 Å². The summed E-state index contributed by atoms with van der Waals surface area (Å²) in [6.07, 6.45) is 0.393. The van der Waals surface area contributed by atoms with Gasteiger partial charge in [0.2, 0.25) is 5.91 Å². The van der Waals surface area contributed by atoms with E-state index < -0.39 is 11.9 Å². The highest BCUT2D eigenvalue weighted by Crippen LogP contribution is 2.34. The van der Waals surface area contributed by atoms with Crippen molar-refractivity contribution >= 4 is 45.8 Å². The minimum atomic E-state index is -0.588. The highest BCUT2D eigenvalue weighted by molar-refractivity contribution is 7.18. The van der Waals surface area contributed by atoms with Gasteiger partial charge >= 0.3 is 11.9 Å². The fraction of sp³-hybridized carbons (Fsp3) is 0.381. The molecular weight excluding hydrogens is 414 g/mol. The first kappa shape index (κ1) is 22.9. The Morgan fingerprint density at radius 1 is 1.21 bits per heavy atom. The van der Waals surface area contributed by atoms with E-state index in [1.807, 2.05) is 12.1 Å². The Balaban J connectivity index is 2.21. The molecular formula is C21H24ClNO5S. The molecule has 1 aromatic carbocycles. The third-order valence-electron chi connectivity index (χ3n) is 3.94. The van der Waals surface area contributed by atoms with Crippen LogP contribution in [0.1, 0.15) is 58.3 Å². The number of benzene rings is 1. The molecule has 29 heavy (non-hydrogen) atoms. The summed E-state index contributed by atoms with van der Waals surface area (Å²) in [4.78, 5) is 37.5. The molecule has 2 rings (SSSR count). The van der Waals surface area contributed by atoms with Gasteiger partial charge in [0.15, 0.2) is 0 Å². The maximum absolute atomic E-state index is 12.5. The van der Waals surface area contributed by atoms with Crippen LogP contribution in [0.15, 0.2) is 24.3 Å². The Morgan fingerprint density at radius 2 is 1.93 bits per heavy atom. The van der Waals surface area contributed by atoms with Crippen LogP contribution in [0.5, 0.6) is 0 Å². The maximum atomic E-state index is 12.5. The Hall–Kier alpha value is -2.38. The van der Waals surface area contributed by atoms with Crippen LogP contribution < -0.4 is 5.32 Å². The first-order chi connectivity index (χ1) is 13.7. The third kappa shape index (κ3) is 6.30. The molecule has 1 heterocycles. The van der Waals surface area contributed by atoms with Crippen molar-refractivity contribution in [1.82, 2.24) is 0 Å². The van der Waals surface area contributed by atoms with E-state index in [0.717, 1.165) is 16.9 Å². The first-order valence-corrected chi connectivity index (χ1v) is 10.5. The zero-order valence-corrected chi connectivity index (χ0v) is 18.4. The highest BCUT2D eigenvalue weighted by atomic mass is 35.5. The van der Waals surface area contributed by atoms with Crippen molar-refractivity contribution in [2.45, 2.75) is 46.6 Å². The van der Waals surface area contributed by atoms with E-state index >= 15 is 0 Å². The van der Waals surface area contributed by atoms with Gasteiger partial charge in [-0.15, -0.1) is 11.3 Å². The number of rotatable bonds is 8. The van der Waals surface area contributed by atoms with Crippen molar-refractivity contribution in [2.75, 3.05) is 11.9 Å². The van der Waals surface area contributed by atoms with Crippen molar-refractivity contribution in [1.29, 1.82) is 0 Å². The van der Waals surface area contributed by atoms with Crippen LogP contribution in [0, 0.1) is 6.92 Å². The average molecular weight is 438 g/mol. The molecule has 156 valence electrons. The van der Waals surface area contributed by atoms with Crippen molar-refractivity contribution in [3.8, 4) is 0 Å². The predicted octanol–water partition coefficient (Wildman–Crippen LogP) is 5.02. The van der Waals surface area contributed by atoms with E-state index in [-0.39, 0.29) is 40.5 Å². The van der Waals surface area contributed by atoms with Crippen LogP contribution in [-0.4, -0.2) is 30.6 Å². The Labute approximate surface area is 179 Å². The number of nitrogens with one attached hydrogen (secondary N) is 1. The molecule has 2 aromatic rings. The number of ether oxygens (including phenoxy) is 2. The van der Waals surface area contributed by atoms with Crippen molar-refractivity contribution < 1.29 is 23.9 Å². The van der Waals surface area contributed by atoms with Crippen LogP contribution in [0.4, 0.5) is 5.00 Å². The molecule has 1 amide bonds.